The van der Waals surface area contributed by atoms with Crippen LogP contribution in [0.25, 0.3) is 0 Å². The lowest BCUT2D eigenvalue weighted by atomic mass is 10.1. The fourth-order valence-electron chi connectivity index (χ4n) is 2.32. The minimum Gasteiger partial charge on any atom is -0.307 e. The quantitative estimate of drug-likeness (QED) is 0.567. The van der Waals surface area contributed by atoms with Crippen molar-refractivity contribution in [2.75, 3.05) is 5.43 Å². The Balaban J connectivity index is 2.31. The summed E-state index contributed by atoms with van der Waals surface area (Å²) in [5.74, 6) is 5.80. The number of hydrogen-bond donors (Lipinski definition) is 3. The number of nitrogens with zero attached hydrogens (tertiary/aromatic N) is 1. The molecule has 0 amide bonds. The van der Waals surface area contributed by atoms with E-state index in [2.05, 4.69) is 38.0 Å². The van der Waals surface area contributed by atoms with Crippen LogP contribution in [0.3, 0.4) is 0 Å². The van der Waals surface area contributed by atoms with Crippen LogP contribution in [0, 0.1) is 5.92 Å². The van der Waals surface area contributed by atoms with Crippen LogP contribution in [-0.2, 0) is 10.0 Å². The molecule has 1 aliphatic carbocycles. The first-order chi connectivity index (χ1) is 8.94. The van der Waals surface area contributed by atoms with E-state index in [0.29, 0.717) is 10.4 Å². The first-order valence-corrected chi connectivity index (χ1v) is 8.36. The maximum Gasteiger partial charge on any atom is 0.244 e. The first kappa shape index (κ1) is 14.7. The predicted octanol–water partition coefficient (Wildman–Crippen LogP) is 1.60. The number of rotatable bonds is 4. The molecule has 0 spiro atoms. The Kier molecular flexibility index (Phi) is 4.44. The number of nitrogen functional groups attached to an aromatic ring is 1. The first-order valence-electron chi connectivity index (χ1n) is 6.08. The number of hydrazine groups is 1. The molecular formula is C11H17BrN4O2S. The molecule has 1 aromatic heterocycles. The van der Waals surface area contributed by atoms with Crippen molar-refractivity contribution in [3.8, 4) is 0 Å². The van der Waals surface area contributed by atoms with Crippen LogP contribution in [0.5, 0.6) is 0 Å². The van der Waals surface area contributed by atoms with E-state index in [1.165, 1.54) is 12.3 Å². The zero-order valence-electron chi connectivity index (χ0n) is 10.6. The second kappa shape index (κ2) is 5.74. The summed E-state index contributed by atoms with van der Waals surface area (Å²) in [5, 5.41) is 0. The van der Waals surface area contributed by atoms with Gasteiger partial charge in [0.15, 0.2) is 5.82 Å². The molecule has 2 unspecified atom stereocenters. The Morgan fingerprint density at radius 2 is 2.21 bits per heavy atom. The van der Waals surface area contributed by atoms with E-state index in [-0.39, 0.29) is 16.8 Å². The summed E-state index contributed by atoms with van der Waals surface area (Å²) >= 11 is 3.22. The molecule has 8 heteroatoms. The van der Waals surface area contributed by atoms with Gasteiger partial charge in [0.25, 0.3) is 0 Å². The van der Waals surface area contributed by atoms with Crippen molar-refractivity contribution in [2.24, 2.45) is 11.8 Å². The highest BCUT2D eigenvalue weighted by atomic mass is 79.9. The van der Waals surface area contributed by atoms with E-state index in [0.717, 1.165) is 19.3 Å². The summed E-state index contributed by atoms with van der Waals surface area (Å²) in [7, 11) is -3.63. The van der Waals surface area contributed by atoms with Crippen molar-refractivity contribution in [1.29, 1.82) is 0 Å². The Morgan fingerprint density at radius 3 is 2.79 bits per heavy atom. The number of sulfonamides is 1. The molecule has 1 fully saturated rings. The molecule has 19 heavy (non-hydrogen) atoms. The Bertz CT molecular complexity index is 564. The number of halogens is 1. The van der Waals surface area contributed by atoms with Crippen molar-refractivity contribution in [3.63, 3.8) is 0 Å². The van der Waals surface area contributed by atoms with Gasteiger partial charge in [0.05, 0.1) is 0 Å². The van der Waals surface area contributed by atoms with Crippen LogP contribution in [0.1, 0.15) is 26.2 Å². The van der Waals surface area contributed by atoms with E-state index in [1.54, 1.807) is 0 Å². The molecule has 1 heterocycles. The number of aromatic nitrogens is 1. The highest BCUT2D eigenvalue weighted by molar-refractivity contribution is 9.10. The fraction of sp³-hybridized carbons (Fsp3) is 0.545. The number of nitrogens with one attached hydrogen (secondary N) is 2. The van der Waals surface area contributed by atoms with Gasteiger partial charge in [-0.1, -0.05) is 13.3 Å². The Hall–Kier alpha value is -0.700. The topological polar surface area (TPSA) is 97.1 Å². The van der Waals surface area contributed by atoms with Gasteiger partial charge in [0.2, 0.25) is 10.0 Å². The third-order valence-corrected chi connectivity index (χ3v) is 5.35. The number of nitrogens with two attached hydrogens (primary N) is 1. The van der Waals surface area contributed by atoms with Gasteiger partial charge in [0.1, 0.15) is 4.90 Å². The van der Waals surface area contributed by atoms with Gasteiger partial charge in [-0.2, -0.15) is 0 Å². The second-order valence-corrected chi connectivity index (χ2v) is 7.38. The van der Waals surface area contributed by atoms with Crippen LogP contribution in [0.4, 0.5) is 5.82 Å². The molecular weight excluding hydrogens is 332 g/mol. The SMILES string of the molecule is CC1CCCC1NS(=O)(=O)c1cc(Br)cnc1NN. The van der Waals surface area contributed by atoms with E-state index >= 15 is 0 Å². The molecule has 6 nitrogen and oxygen atoms in total. The summed E-state index contributed by atoms with van der Waals surface area (Å²) in [6, 6.07) is 1.47. The second-order valence-electron chi connectivity index (χ2n) is 4.78. The van der Waals surface area contributed by atoms with Crippen molar-refractivity contribution in [1.82, 2.24) is 9.71 Å². The summed E-state index contributed by atoms with van der Waals surface area (Å²) in [6.45, 7) is 2.06. The summed E-state index contributed by atoms with van der Waals surface area (Å²) in [4.78, 5) is 4.01. The Labute approximate surface area is 121 Å². The molecule has 2 atom stereocenters. The molecule has 4 N–H and O–H groups in total. The Morgan fingerprint density at radius 1 is 1.47 bits per heavy atom. The zero-order valence-corrected chi connectivity index (χ0v) is 13.0. The number of pyridine rings is 1. The third-order valence-electron chi connectivity index (χ3n) is 3.41. The van der Waals surface area contributed by atoms with Crippen molar-refractivity contribution in [2.45, 2.75) is 37.1 Å². The normalized spacial score (nSPS) is 23.5. The third kappa shape index (κ3) is 3.25. The van der Waals surface area contributed by atoms with Gasteiger partial charge in [-0.25, -0.2) is 24.0 Å². The molecule has 0 bridgehead atoms. The fourth-order valence-corrected chi connectivity index (χ4v) is 4.32. The van der Waals surface area contributed by atoms with Gasteiger partial charge in [-0.05, 0) is 40.8 Å². The molecule has 0 radical (unpaired) electrons. The number of hydrogen-bond acceptors (Lipinski definition) is 5. The van der Waals surface area contributed by atoms with Crippen LogP contribution >= 0.6 is 15.9 Å². The number of anilines is 1. The van der Waals surface area contributed by atoms with Gasteiger partial charge in [-0.3, -0.25) is 0 Å². The van der Waals surface area contributed by atoms with Crippen molar-refractivity contribution in [3.05, 3.63) is 16.7 Å². The van der Waals surface area contributed by atoms with E-state index in [9.17, 15) is 8.42 Å². The van der Waals surface area contributed by atoms with Gasteiger partial charge in [0, 0.05) is 16.7 Å². The highest BCUT2D eigenvalue weighted by Gasteiger charge is 2.30. The lowest BCUT2D eigenvalue weighted by molar-refractivity contribution is 0.476. The smallest absolute Gasteiger partial charge is 0.244 e. The lowest BCUT2D eigenvalue weighted by Gasteiger charge is -2.18. The minimum atomic E-state index is -3.63. The minimum absolute atomic E-state index is 0.0189. The van der Waals surface area contributed by atoms with Gasteiger partial charge < -0.3 is 5.43 Å². The monoisotopic (exact) mass is 348 g/mol. The maximum absolute atomic E-state index is 12.4. The summed E-state index contributed by atoms with van der Waals surface area (Å²) in [6.07, 6.45) is 4.46. The highest BCUT2D eigenvalue weighted by Crippen LogP contribution is 2.28. The maximum atomic E-state index is 12.4. The molecule has 1 aromatic rings. The largest absolute Gasteiger partial charge is 0.307 e. The van der Waals surface area contributed by atoms with Crippen molar-refractivity contribution >= 4 is 31.8 Å². The van der Waals surface area contributed by atoms with Crippen LogP contribution < -0.4 is 16.0 Å². The van der Waals surface area contributed by atoms with Gasteiger partial charge >= 0.3 is 0 Å². The molecule has 106 valence electrons. The van der Waals surface area contributed by atoms with E-state index in [1.807, 2.05) is 0 Å². The summed E-state index contributed by atoms with van der Waals surface area (Å²) in [5.41, 5.74) is 2.31. The molecule has 2 rings (SSSR count). The van der Waals surface area contributed by atoms with E-state index in [4.69, 9.17) is 5.84 Å². The zero-order chi connectivity index (χ0) is 14.0. The van der Waals surface area contributed by atoms with Crippen LogP contribution in [0.15, 0.2) is 21.6 Å². The molecule has 0 aromatic carbocycles. The standard InChI is InChI=1S/C11H17BrN4O2S/c1-7-3-2-4-9(7)16-19(17,18)10-5-8(12)6-14-11(10)15-13/h5-7,9,16H,2-4,13H2,1H3,(H,14,15). The molecule has 1 aliphatic rings. The molecule has 0 aliphatic heterocycles. The molecule has 0 saturated heterocycles. The van der Waals surface area contributed by atoms with Gasteiger partial charge in [-0.15, -0.1) is 0 Å². The van der Waals surface area contributed by atoms with Crippen LogP contribution in [0.2, 0.25) is 0 Å². The lowest BCUT2D eigenvalue weighted by Crippen LogP contribution is -2.37. The van der Waals surface area contributed by atoms with E-state index < -0.39 is 10.0 Å². The van der Waals surface area contributed by atoms with Crippen LogP contribution in [-0.4, -0.2) is 19.4 Å². The predicted molar refractivity (Wildman–Crippen MR) is 76.9 cm³/mol. The molecule has 1 saturated carbocycles. The summed E-state index contributed by atoms with van der Waals surface area (Å²) < 4.78 is 28.1. The average molecular weight is 349 g/mol. The average Bonchev–Trinajstić information content (AvgIpc) is 2.74. The van der Waals surface area contributed by atoms with Crippen molar-refractivity contribution < 1.29 is 8.42 Å².